The van der Waals surface area contributed by atoms with Crippen molar-refractivity contribution in [1.82, 2.24) is 9.55 Å². The molecule has 0 unspecified atom stereocenters. The first-order valence-electron chi connectivity index (χ1n) is 5.08. The Morgan fingerprint density at radius 3 is 3.00 bits per heavy atom. The monoisotopic (exact) mass is 210 g/mol. The summed E-state index contributed by atoms with van der Waals surface area (Å²) in [6.07, 6.45) is 5.18. The first kappa shape index (κ1) is 9.95. The van der Waals surface area contributed by atoms with Crippen molar-refractivity contribution in [3.05, 3.63) is 16.4 Å². The third-order valence-corrected chi connectivity index (χ3v) is 2.87. The van der Waals surface area contributed by atoms with Crippen LogP contribution in [0.5, 0.6) is 0 Å². The SMILES string of the molecule is Cn1cnc([N+](=O)[O-])c1NCC1CCC1. The van der Waals surface area contributed by atoms with E-state index in [9.17, 15) is 10.1 Å². The summed E-state index contributed by atoms with van der Waals surface area (Å²) in [5, 5.41) is 13.8. The molecule has 0 saturated heterocycles. The van der Waals surface area contributed by atoms with Gasteiger partial charge in [0.05, 0.1) is 0 Å². The predicted molar refractivity (Wildman–Crippen MR) is 55.7 cm³/mol. The van der Waals surface area contributed by atoms with Crippen molar-refractivity contribution in [3.8, 4) is 0 Å². The molecule has 1 aromatic heterocycles. The lowest BCUT2D eigenvalue weighted by Gasteiger charge is -2.25. The highest BCUT2D eigenvalue weighted by molar-refractivity contribution is 5.51. The smallest absolute Gasteiger partial charge is 0.364 e. The third kappa shape index (κ3) is 1.93. The Morgan fingerprint density at radius 2 is 2.47 bits per heavy atom. The second-order valence-electron chi connectivity index (χ2n) is 3.96. The fraction of sp³-hybridized carbons (Fsp3) is 0.667. The Balaban J connectivity index is 2.04. The first-order chi connectivity index (χ1) is 7.18. The minimum absolute atomic E-state index is 0.0863. The molecule has 82 valence electrons. The molecule has 1 N–H and O–H groups in total. The van der Waals surface area contributed by atoms with E-state index in [4.69, 9.17) is 0 Å². The molecule has 0 bridgehead atoms. The molecule has 0 atom stereocenters. The summed E-state index contributed by atoms with van der Waals surface area (Å²) < 4.78 is 1.65. The number of rotatable bonds is 4. The van der Waals surface area contributed by atoms with E-state index >= 15 is 0 Å². The minimum atomic E-state index is -0.455. The lowest BCUT2D eigenvalue weighted by atomic mass is 9.85. The molecule has 0 spiro atoms. The molecule has 0 radical (unpaired) electrons. The quantitative estimate of drug-likeness (QED) is 0.604. The van der Waals surface area contributed by atoms with Crippen LogP contribution in [0.3, 0.4) is 0 Å². The van der Waals surface area contributed by atoms with Crippen LogP contribution in [-0.4, -0.2) is 21.0 Å². The van der Waals surface area contributed by atoms with Crippen molar-refractivity contribution in [2.24, 2.45) is 13.0 Å². The van der Waals surface area contributed by atoms with Crippen molar-refractivity contribution in [2.75, 3.05) is 11.9 Å². The van der Waals surface area contributed by atoms with Crippen LogP contribution in [0.2, 0.25) is 0 Å². The van der Waals surface area contributed by atoms with Gasteiger partial charge in [-0.2, -0.15) is 0 Å². The summed E-state index contributed by atoms with van der Waals surface area (Å²) in [6, 6.07) is 0. The van der Waals surface area contributed by atoms with E-state index in [1.54, 1.807) is 11.6 Å². The molecule has 1 aliphatic rings. The molecule has 1 aromatic rings. The van der Waals surface area contributed by atoms with Gasteiger partial charge >= 0.3 is 5.82 Å². The zero-order valence-electron chi connectivity index (χ0n) is 8.64. The minimum Gasteiger partial charge on any atom is -0.364 e. The maximum absolute atomic E-state index is 10.7. The molecule has 15 heavy (non-hydrogen) atoms. The molecule has 0 aromatic carbocycles. The number of nitrogens with zero attached hydrogens (tertiary/aromatic N) is 3. The van der Waals surface area contributed by atoms with E-state index in [2.05, 4.69) is 10.3 Å². The number of aryl methyl sites for hydroxylation is 1. The molecule has 0 amide bonds. The van der Waals surface area contributed by atoms with Crippen LogP contribution in [0.15, 0.2) is 6.33 Å². The average Bonchev–Trinajstić information content (AvgIpc) is 2.45. The van der Waals surface area contributed by atoms with Crippen LogP contribution >= 0.6 is 0 Å². The standard InChI is InChI=1S/C9H14N4O2/c1-12-6-11-9(13(14)15)8(12)10-5-7-3-2-4-7/h6-7,10H,2-5H2,1H3. The van der Waals surface area contributed by atoms with Crippen molar-refractivity contribution in [3.63, 3.8) is 0 Å². The van der Waals surface area contributed by atoms with Crippen LogP contribution in [-0.2, 0) is 7.05 Å². The summed E-state index contributed by atoms with van der Waals surface area (Å²) in [7, 11) is 1.75. The molecule has 1 heterocycles. The Hall–Kier alpha value is -1.59. The highest BCUT2D eigenvalue weighted by atomic mass is 16.6. The van der Waals surface area contributed by atoms with E-state index in [1.165, 1.54) is 25.6 Å². The second-order valence-corrected chi connectivity index (χ2v) is 3.96. The number of anilines is 1. The summed E-state index contributed by atoms with van der Waals surface area (Å²) in [5.41, 5.74) is 0. The number of nitro groups is 1. The molecular formula is C9H14N4O2. The van der Waals surface area contributed by atoms with Gasteiger partial charge in [-0.1, -0.05) is 6.42 Å². The maximum Gasteiger partial charge on any atom is 0.406 e. The van der Waals surface area contributed by atoms with Crippen molar-refractivity contribution >= 4 is 11.6 Å². The molecule has 1 fully saturated rings. The zero-order chi connectivity index (χ0) is 10.8. The van der Waals surface area contributed by atoms with Gasteiger partial charge in [-0.05, 0) is 28.7 Å². The van der Waals surface area contributed by atoms with E-state index in [0.29, 0.717) is 11.7 Å². The molecule has 6 nitrogen and oxygen atoms in total. The Morgan fingerprint density at radius 1 is 1.73 bits per heavy atom. The molecule has 1 aliphatic carbocycles. The molecule has 1 saturated carbocycles. The van der Waals surface area contributed by atoms with Crippen LogP contribution in [0.4, 0.5) is 11.6 Å². The summed E-state index contributed by atoms with van der Waals surface area (Å²) in [5.74, 6) is 1.09. The molecule has 2 rings (SSSR count). The summed E-state index contributed by atoms with van der Waals surface area (Å²) >= 11 is 0. The van der Waals surface area contributed by atoms with E-state index in [-0.39, 0.29) is 5.82 Å². The Kier molecular flexibility index (Phi) is 2.57. The number of aromatic nitrogens is 2. The summed E-state index contributed by atoms with van der Waals surface area (Å²) in [6.45, 7) is 0.806. The topological polar surface area (TPSA) is 73.0 Å². The van der Waals surface area contributed by atoms with Crippen LogP contribution in [0, 0.1) is 16.0 Å². The van der Waals surface area contributed by atoms with Gasteiger partial charge in [0.25, 0.3) is 0 Å². The number of hydrogen-bond donors (Lipinski definition) is 1. The fourth-order valence-electron chi connectivity index (χ4n) is 1.69. The van der Waals surface area contributed by atoms with E-state index in [0.717, 1.165) is 6.54 Å². The largest absolute Gasteiger partial charge is 0.406 e. The van der Waals surface area contributed by atoms with Gasteiger partial charge in [0, 0.05) is 13.6 Å². The predicted octanol–water partition coefficient (Wildman–Crippen LogP) is 1.54. The molecular weight excluding hydrogens is 196 g/mol. The number of nitrogens with one attached hydrogen (secondary N) is 1. The number of hydrogen-bond acceptors (Lipinski definition) is 4. The van der Waals surface area contributed by atoms with Crippen molar-refractivity contribution in [1.29, 1.82) is 0 Å². The zero-order valence-corrected chi connectivity index (χ0v) is 8.64. The van der Waals surface area contributed by atoms with E-state index < -0.39 is 4.92 Å². The van der Waals surface area contributed by atoms with Crippen molar-refractivity contribution < 1.29 is 4.92 Å². The third-order valence-electron chi connectivity index (χ3n) is 2.87. The van der Waals surface area contributed by atoms with Crippen LogP contribution in [0.25, 0.3) is 0 Å². The Labute approximate surface area is 87.5 Å². The van der Waals surface area contributed by atoms with Gasteiger partial charge in [0.1, 0.15) is 0 Å². The highest BCUT2D eigenvalue weighted by Gasteiger charge is 2.22. The van der Waals surface area contributed by atoms with Gasteiger partial charge in [-0.25, -0.2) is 0 Å². The first-order valence-corrected chi connectivity index (χ1v) is 5.08. The molecule has 6 heteroatoms. The van der Waals surface area contributed by atoms with Gasteiger partial charge in [0.15, 0.2) is 0 Å². The fourth-order valence-corrected chi connectivity index (χ4v) is 1.69. The number of imidazole rings is 1. The van der Waals surface area contributed by atoms with Gasteiger partial charge in [-0.3, -0.25) is 4.57 Å². The summed E-state index contributed by atoms with van der Waals surface area (Å²) in [4.78, 5) is 13.9. The Bertz CT molecular complexity index is 370. The normalized spacial score (nSPS) is 16.1. The van der Waals surface area contributed by atoms with Gasteiger partial charge in [-0.15, -0.1) is 0 Å². The van der Waals surface area contributed by atoms with Crippen LogP contribution in [0.1, 0.15) is 19.3 Å². The average molecular weight is 210 g/mol. The van der Waals surface area contributed by atoms with E-state index in [1.807, 2.05) is 0 Å². The maximum atomic E-state index is 10.7. The van der Waals surface area contributed by atoms with Gasteiger partial charge < -0.3 is 15.4 Å². The van der Waals surface area contributed by atoms with Crippen LogP contribution < -0.4 is 5.32 Å². The molecule has 0 aliphatic heterocycles. The lowest BCUT2D eigenvalue weighted by Crippen LogP contribution is -2.22. The second kappa shape index (κ2) is 3.88. The highest BCUT2D eigenvalue weighted by Crippen LogP contribution is 2.28. The van der Waals surface area contributed by atoms with Gasteiger partial charge in [0.2, 0.25) is 12.1 Å². The lowest BCUT2D eigenvalue weighted by molar-refractivity contribution is -0.388. The van der Waals surface area contributed by atoms with Crippen molar-refractivity contribution in [2.45, 2.75) is 19.3 Å².